The van der Waals surface area contributed by atoms with Crippen molar-refractivity contribution in [2.75, 3.05) is 5.32 Å². The maximum Gasteiger partial charge on any atom is 0.240 e. The second-order valence-electron chi connectivity index (χ2n) is 5.40. The molecule has 2 aromatic rings. The van der Waals surface area contributed by atoms with E-state index in [1.54, 1.807) is 6.20 Å². The van der Waals surface area contributed by atoms with E-state index in [9.17, 15) is 4.79 Å². The van der Waals surface area contributed by atoms with Crippen LogP contribution in [0, 0.1) is 12.3 Å². The lowest BCUT2D eigenvalue weighted by molar-refractivity contribution is -0.118. The van der Waals surface area contributed by atoms with Gasteiger partial charge in [0.2, 0.25) is 5.91 Å². The van der Waals surface area contributed by atoms with Gasteiger partial charge in [-0.3, -0.25) is 9.78 Å². The first-order valence-electron chi connectivity index (χ1n) is 7.49. The van der Waals surface area contributed by atoms with Crippen molar-refractivity contribution in [3.63, 3.8) is 0 Å². The number of nitrogens with one attached hydrogen (secondary N) is 1. The Morgan fingerprint density at radius 2 is 2.26 bits per heavy atom. The summed E-state index contributed by atoms with van der Waals surface area (Å²) in [5.41, 5.74) is 8.13. The lowest BCUT2D eigenvalue weighted by atomic mass is 10.1. The number of pyridine rings is 1. The van der Waals surface area contributed by atoms with Crippen LogP contribution in [0.3, 0.4) is 0 Å². The average molecular weight is 307 g/mol. The number of nitrogens with zero attached hydrogens (tertiary/aromatic N) is 3. The molecule has 0 aromatic carbocycles. The Morgan fingerprint density at radius 3 is 2.96 bits per heavy atom. The molecule has 23 heavy (non-hydrogen) atoms. The molecule has 2 aromatic heterocycles. The zero-order chi connectivity index (χ0) is 16.2. The van der Waals surface area contributed by atoms with E-state index >= 15 is 0 Å². The molecule has 1 aliphatic carbocycles. The summed E-state index contributed by atoms with van der Waals surface area (Å²) in [4.78, 5) is 25.0. The maximum absolute atomic E-state index is 11.6. The Hall–Kier alpha value is -2.94. The Balaban J connectivity index is 2.01. The smallest absolute Gasteiger partial charge is 0.240 e. The Morgan fingerprint density at radius 1 is 1.39 bits per heavy atom. The third-order valence-electron chi connectivity index (χ3n) is 3.80. The molecule has 3 rings (SSSR count). The van der Waals surface area contributed by atoms with Crippen molar-refractivity contribution in [3.8, 4) is 23.9 Å². The third kappa shape index (κ3) is 3.14. The fourth-order valence-electron chi connectivity index (χ4n) is 2.67. The number of rotatable bonds is 5. The van der Waals surface area contributed by atoms with Gasteiger partial charge in [0.25, 0.3) is 0 Å². The van der Waals surface area contributed by atoms with Crippen LogP contribution in [-0.2, 0) is 17.6 Å². The fraction of sp³-hybridized carbons (Fsp3) is 0.294. The van der Waals surface area contributed by atoms with Crippen LogP contribution in [0.25, 0.3) is 11.5 Å². The molecule has 3 N–H and O–H groups in total. The van der Waals surface area contributed by atoms with E-state index in [0.29, 0.717) is 17.3 Å². The predicted octanol–water partition coefficient (Wildman–Crippen LogP) is 1.32. The first-order chi connectivity index (χ1) is 11.2. The van der Waals surface area contributed by atoms with Crippen LogP contribution in [0.2, 0.25) is 0 Å². The number of hydrogen-bond donors (Lipinski definition) is 2. The lowest BCUT2D eigenvalue weighted by Gasteiger charge is -2.17. The van der Waals surface area contributed by atoms with Crippen LogP contribution in [0.4, 0.5) is 5.82 Å². The summed E-state index contributed by atoms with van der Waals surface area (Å²) in [6.45, 7) is 0. The summed E-state index contributed by atoms with van der Waals surface area (Å²) in [5, 5.41) is 3.09. The van der Waals surface area contributed by atoms with Crippen molar-refractivity contribution in [2.24, 2.45) is 5.73 Å². The quantitative estimate of drug-likeness (QED) is 0.812. The second-order valence-corrected chi connectivity index (χ2v) is 5.40. The molecular weight excluding hydrogens is 290 g/mol. The number of carbonyl (C=O) groups is 1. The van der Waals surface area contributed by atoms with Gasteiger partial charge in [-0.15, -0.1) is 12.3 Å². The second kappa shape index (κ2) is 6.44. The summed E-state index contributed by atoms with van der Waals surface area (Å²) in [6, 6.07) is 4.94. The maximum atomic E-state index is 11.6. The lowest BCUT2D eigenvalue weighted by Crippen LogP contribution is -2.35. The van der Waals surface area contributed by atoms with Gasteiger partial charge in [-0.2, -0.15) is 0 Å². The van der Waals surface area contributed by atoms with Crippen LogP contribution < -0.4 is 11.1 Å². The Bertz CT molecular complexity index is 767. The van der Waals surface area contributed by atoms with Crippen molar-refractivity contribution in [1.82, 2.24) is 15.0 Å². The summed E-state index contributed by atoms with van der Waals surface area (Å²) < 4.78 is 0. The minimum absolute atomic E-state index is 0.215. The van der Waals surface area contributed by atoms with E-state index in [-0.39, 0.29) is 6.42 Å². The monoisotopic (exact) mass is 307 g/mol. The summed E-state index contributed by atoms with van der Waals surface area (Å²) in [5.74, 6) is 3.14. The van der Waals surface area contributed by atoms with Gasteiger partial charge in [-0.25, -0.2) is 9.97 Å². The standard InChI is InChI=1S/C17H17N5O/c1-2-6-13(15(18)23)21-16-11-7-5-9-12(11)20-17(22-16)14-8-3-4-10-19-14/h1,3-4,8,10,13H,5-7,9H2,(H2,18,23)(H,20,21,22)/t13-/m1/s1. The van der Waals surface area contributed by atoms with Crippen LogP contribution >= 0.6 is 0 Å². The number of anilines is 1. The van der Waals surface area contributed by atoms with Crippen molar-refractivity contribution in [1.29, 1.82) is 0 Å². The highest BCUT2D eigenvalue weighted by Gasteiger charge is 2.23. The number of carbonyl (C=O) groups excluding carboxylic acids is 1. The highest BCUT2D eigenvalue weighted by atomic mass is 16.1. The van der Waals surface area contributed by atoms with Crippen LogP contribution in [0.5, 0.6) is 0 Å². The molecule has 0 aliphatic heterocycles. The zero-order valence-electron chi connectivity index (χ0n) is 12.6. The van der Waals surface area contributed by atoms with Crippen LogP contribution in [-0.4, -0.2) is 26.9 Å². The minimum Gasteiger partial charge on any atom is -0.368 e. The van der Waals surface area contributed by atoms with E-state index < -0.39 is 11.9 Å². The number of primary amides is 1. The topological polar surface area (TPSA) is 93.8 Å². The normalized spacial score (nSPS) is 13.9. The SMILES string of the molecule is C#CC[C@@H](Nc1nc(-c2ccccn2)nc2c1CCC2)C(N)=O. The van der Waals surface area contributed by atoms with Gasteiger partial charge in [-0.1, -0.05) is 6.07 Å². The molecule has 6 heteroatoms. The van der Waals surface area contributed by atoms with Gasteiger partial charge in [0.1, 0.15) is 17.6 Å². The van der Waals surface area contributed by atoms with Gasteiger partial charge >= 0.3 is 0 Å². The number of aromatic nitrogens is 3. The first kappa shape index (κ1) is 15.0. The molecular formula is C17H17N5O. The number of hydrogen-bond acceptors (Lipinski definition) is 5. The molecule has 116 valence electrons. The van der Waals surface area contributed by atoms with Gasteiger partial charge < -0.3 is 11.1 Å². The minimum atomic E-state index is -0.642. The predicted molar refractivity (Wildman–Crippen MR) is 87.3 cm³/mol. The summed E-state index contributed by atoms with van der Waals surface area (Å²) >= 11 is 0. The molecule has 1 aliphatic rings. The summed E-state index contributed by atoms with van der Waals surface area (Å²) in [7, 11) is 0. The van der Waals surface area contributed by atoms with E-state index in [1.807, 2.05) is 18.2 Å². The molecule has 0 unspecified atom stereocenters. The molecule has 0 bridgehead atoms. The largest absolute Gasteiger partial charge is 0.368 e. The Labute approximate surface area is 134 Å². The first-order valence-corrected chi connectivity index (χ1v) is 7.49. The van der Waals surface area contributed by atoms with Crippen molar-refractivity contribution >= 4 is 11.7 Å². The van der Waals surface area contributed by atoms with Gasteiger partial charge in [0.15, 0.2) is 5.82 Å². The average Bonchev–Trinajstić information content (AvgIpc) is 3.03. The number of amides is 1. The van der Waals surface area contributed by atoms with E-state index in [0.717, 1.165) is 30.5 Å². The highest BCUT2D eigenvalue weighted by molar-refractivity contribution is 5.83. The molecule has 6 nitrogen and oxygen atoms in total. The van der Waals surface area contributed by atoms with Gasteiger partial charge in [-0.05, 0) is 31.4 Å². The van der Waals surface area contributed by atoms with Crippen molar-refractivity contribution < 1.29 is 4.79 Å². The number of aryl methyl sites for hydroxylation is 1. The van der Waals surface area contributed by atoms with Gasteiger partial charge in [0, 0.05) is 23.9 Å². The van der Waals surface area contributed by atoms with Crippen LogP contribution in [0.1, 0.15) is 24.1 Å². The number of nitrogens with two attached hydrogens (primary N) is 1. The molecule has 2 heterocycles. The number of fused-ring (bicyclic) bond motifs is 1. The highest BCUT2D eigenvalue weighted by Crippen LogP contribution is 2.29. The fourth-order valence-corrected chi connectivity index (χ4v) is 2.67. The molecule has 0 saturated heterocycles. The van der Waals surface area contributed by atoms with E-state index in [1.165, 1.54) is 0 Å². The molecule has 1 atom stereocenters. The van der Waals surface area contributed by atoms with Crippen LogP contribution in [0.15, 0.2) is 24.4 Å². The van der Waals surface area contributed by atoms with E-state index in [4.69, 9.17) is 12.2 Å². The Kier molecular flexibility index (Phi) is 4.20. The zero-order valence-corrected chi connectivity index (χ0v) is 12.6. The van der Waals surface area contributed by atoms with Gasteiger partial charge in [0.05, 0.1) is 0 Å². The third-order valence-corrected chi connectivity index (χ3v) is 3.80. The summed E-state index contributed by atoms with van der Waals surface area (Å²) in [6.07, 6.45) is 10.0. The van der Waals surface area contributed by atoms with Crippen molar-refractivity contribution in [3.05, 3.63) is 35.7 Å². The molecule has 1 amide bonds. The number of terminal acetylenes is 1. The van der Waals surface area contributed by atoms with Crippen molar-refractivity contribution in [2.45, 2.75) is 31.7 Å². The molecule has 0 radical (unpaired) electrons. The van der Waals surface area contributed by atoms with E-state index in [2.05, 4.69) is 26.2 Å². The molecule has 0 saturated carbocycles. The molecule has 0 spiro atoms. The molecule has 0 fully saturated rings.